The lowest BCUT2D eigenvalue weighted by molar-refractivity contribution is -0.141. The maximum Gasteiger partial charge on any atom is 0.307 e. The molecule has 1 unspecified atom stereocenters. The second-order valence-corrected chi connectivity index (χ2v) is 4.63. The van der Waals surface area contributed by atoms with Gasteiger partial charge in [0.1, 0.15) is 0 Å². The van der Waals surface area contributed by atoms with E-state index in [1.165, 1.54) is 0 Å². The van der Waals surface area contributed by atoms with Crippen molar-refractivity contribution >= 4 is 5.97 Å². The van der Waals surface area contributed by atoms with E-state index in [-0.39, 0.29) is 11.3 Å². The van der Waals surface area contributed by atoms with Crippen molar-refractivity contribution in [3.63, 3.8) is 0 Å². The lowest BCUT2D eigenvalue weighted by atomic mass is 9.96. The molecule has 0 aliphatic carbocycles. The van der Waals surface area contributed by atoms with Crippen LogP contribution in [0, 0.1) is 11.3 Å². The van der Waals surface area contributed by atoms with Gasteiger partial charge in [0.2, 0.25) is 0 Å². The first-order chi connectivity index (χ1) is 5.87. The lowest BCUT2D eigenvalue weighted by Crippen LogP contribution is -2.33. The molecule has 0 spiro atoms. The largest absolute Gasteiger partial charge is 0.481 e. The van der Waals surface area contributed by atoms with Crippen molar-refractivity contribution in [1.82, 2.24) is 5.32 Å². The summed E-state index contributed by atoms with van der Waals surface area (Å²) in [5, 5.41) is 11.9. The maximum absolute atomic E-state index is 10.6. The van der Waals surface area contributed by atoms with Gasteiger partial charge in [-0.2, -0.15) is 0 Å². The smallest absolute Gasteiger partial charge is 0.307 e. The quantitative estimate of drug-likeness (QED) is 0.689. The summed E-state index contributed by atoms with van der Waals surface area (Å²) in [6.07, 6.45) is 0.687. The Morgan fingerprint density at radius 1 is 1.46 bits per heavy atom. The number of hydrogen-bond donors (Lipinski definition) is 2. The van der Waals surface area contributed by atoms with Gasteiger partial charge in [-0.1, -0.05) is 27.7 Å². The molecule has 3 heteroatoms. The minimum atomic E-state index is -0.705. The average molecular weight is 187 g/mol. The Bertz CT molecular complexity index is 161. The zero-order valence-electron chi connectivity index (χ0n) is 9.05. The van der Waals surface area contributed by atoms with Crippen LogP contribution in [0.5, 0.6) is 0 Å². The lowest BCUT2D eigenvalue weighted by Gasteiger charge is -2.20. The van der Waals surface area contributed by atoms with Crippen molar-refractivity contribution in [3.8, 4) is 0 Å². The maximum atomic E-state index is 10.6. The summed E-state index contributed by atoms with van der Waals surface area (Å²) >= 11 is 0. The first kappa shape index (κ1) is 12.4. The molecule has 0 saturated heterocycles. The van der Waals surface area contributed by atoms with E-state index in [1.807, 2.05) is 6.92 Å². The predicted molar refractivity (Wildman–Crippen MR) is 53.7 cm³/mol. The standard InChI is InChI=1S/C10H21NO2/c1-5-8(9(12)13)6-11-7-10(2,3)4/h8,11H,5-7H2,1-4H3,(H,12,13). The first-order valence-corrected chi connectivity index (χ1v) is 4.80. The molecule has 0 amide bonds. The molecular formula is C10H21NO2. The van der Waals surface area contributed by atoms with Crippen molar-refractivity contribution in [3.05, 3.63) is 0 Å². The number of carboxylic acid groups (broad SMARTS) is 1. The third-order valence-corrected chi connectivity index (χ3v) is 1.89. The molecule has 0 rings (SSSR count). The Morgan fingerprint density at radius 2 is 2.00 bits per heavy atom. The SMILES string of the molecule is CCC(CNCC(C)(C)C)C(=O)O. The van der Waals surface area contributed by atoms with Gasteiger partial charge in [-0.25, -0.2) is 0 Å². The van der Waals surface area contributed by atoms with Crippen LogP contribution in [-0.2, 0) is 4.79 Å². The Kier molecular flexibility index (Phi) is 4.99. The van der Waals surface area contributed by atoms with Crippen molar-refractivity contribution in [1.29, 1.82) is 0 Å². The van der Waals surface area contributed by atoms with E-state index in [0.717, 1.165) is 6.54 Å². The van der Waals surface area contributed by atoms with Crippen molar-refractivity contribution in [2.75, 3.05) is 13.1 Å². The van der Waals surface area contributed by atoms with E-state index in [0.29, 0.717) is 13.0 Å². The molecule has 0 aromatic rings. The van der Waals surface area contributed by atoms with E-state index >= 15 is 0 Å². The third kappa shape index (κ3) is 6.58. The molecule has 0 aromatic carbocycles. The van der Waals surface area contributed by atoms with Crippen LogP contribution >= 0.6 is 0 Å². The fourth-order valence-electron chi connectivity index (χ4n) is 1.03. The number of rotatable bonds is 5. The summed E-state index contributed by atoms with van der Waals surface area (Å²) in [7, 11) is 0. The zero-order valence-corrected chi connectivity index (χ0v) is 9.05. The number of carboxylic acids is 1. The molecule has 0 aromatic heterocycles. The highest BCUT2D eigenvalue weighted by Gasteiger charge is 2.16. The van der Waals surface area contributed by atoms with Gasteiger partial charge in [-0.3, -0.25) is 4.79 Å². The Balaban J connectivity index is 3.68. The van der Waals surface area contributed by atoms with E-state index < -0.39 is 5.97 Å². The van der Waals surface area contributed by atoms with Gasteiger partial charge >= 0.3 is 5.97 Å². The number of hydrogen-bond acceptors (Lipinski definition) is 2. The van der Waals surface area contributed by atoms with E-state index in [2.05, 4.69) is 26.1 Å². The summed E-state index contributed by atoms with van der Waals surface area (Å²) in [4.78, 5) is 10.6. The van der Waals surface area contributed by atoms with Crippen LogP contribution < -0.4 is 5.32 Å². The van der Waals surface area contributed by atoms with Crippen molar-refractivity contribution in [2.24, 2.45) is 11.3 Å². The Labute approximate surface area is 80.5 Å². The normalized spacial score (nSPS) is 14.2. The average Bonchev–Trinajstić information content (AvgIpc) is 1.95. The molecule has 0 fully saturated rings. The number of nitrogens with one attached hydrogen (secondary N) is 1. The van der Waals surface area contributed by atoms with Crippen LogP contribution in [0.4, 0.5) is 0 Å². The van der Waals surface area contributed by atoms with Gasteiger partial charge in [-0.15, -0.1) is 0 Å². The second kappa shape index (κ2) is 5.22. The minimum Gasteiger partial charge on any atom is -0.481 e. The first-order valence-electron chi connectivity index (χ1n) is 4.80. The highest BCUT2D eigenvalue weighted by atomic mass is 16.4. The van der Waals surface area contributed by atoms with E-state index in [4.69, 9.17) is 5.11 Å². The molecule has 0 saturated carbocycles. The van der Waals surface area contributed by atoms with Crippen molar-refractivity contribution < 1.29 is 9.90 Å². The topological polar surface area (TPSA) is 49.3 Å². The Hall–Kier alpha value is -0.570. The molecule has 0 aliphatic rings. The predicted octanol–water partition coefficient (Wildman–Crippen LogP) is 1.73. The Morgan fingerprint density at radius 3 is 2.31 bits per heavy atom. The second-order valence-electron chi connectivity index (χ2n) is 4.63. The van der Waals surface area contributed by atoms with E-state index in [1.54, 1.807) is 0 Å². The number of aliphatic carboxylic acids is 1. The van der Waals surface area contributed by atoms with Crippen LogP contribution in [-0.4, -0.2) is 24.2 Å². The minimum absolute atomic E-state index is 0.219. The fraction of sp³-hybridized carbons (Fsp3) is 0.900. The molecule has 1 atom stereocenters. The van der Waals surface area contributed by atoms with Crippen molar-refractivity contribution in [2.45, 2.75) is 34.1 Å². The number of carbonyl (C=O) groups is 1. The molecule has 0 aliphatic heterocycles. The summed E-state index contributed by atoms with van der Waals surface area (Å²) in [6.45, 7) is 9.71. The van der Waals surface area contributed by atoms with Crippen LogP contribution in [0.1, 0.15) is 34.1 Å². The zero-order chi connectivity index (χ0) is 10.5. The van der Waals surface area contributed by atoms with Crippen LogP contribution in [0.25, 0.3) is 0 Å². The summed E-state index contributed by atoms with van der Waals surface area (Å²) in [5.41, 5.74) is 0.219. The van der Waals surface area contributed by atoms with Crippen LogP contribution in [0.3, 0.4) is 0 Å². The molecule has 3 nitrogen and oxygen atoms in total. The van der Waals surface area contributed by atoms with Gasteiger partial charge in [0.25, 0.3) is 0 Å². The van der Waals surface area contributed by atoms with Gasteiger partial charge in [-0.05, 0) is 11.8 Å². The van der Waals surface area contributed by atoms with Crippen LogP contribution in [0.15, 0.2) is 0 Å². The molecule has 78 valence electrons. The molecule has 13 heavy (non-hydrogen) atoms. The molecule has 0 radical (unpaired) electrons. The van der Waals surface area contributed by atoms with Gasteiger partial charge in [0, 0.05) is 13.1 Å². The summed E-state index contributed by atoms with van der Waals surface area (Å²) < 4.78 is 0. The van der Waals surface area contributed by atoms with Gasteiger partial charge in [0.15, 0.2) is 0 Å². The molecule has 0 heterocycles. The van der Waals surface area contributed by atoms with E-state index in [9.17, 15) is 4.79 Å². The fourth-order valence-corrected chi connectivity index (χ4v) is 1.03. The third-order valence-electron chi connectivity index (χ3n) is 1.89. The molecule has 2 N–H and O–H groups in total. The summed E-state index contributed by atoms with van der Waals surface area (Å²) in [5.74, 6) is -0.953. The summed E-state index contributed by atoms with van der Waals surface area (Å²) in [6, 6.07) is 0. The molecule has 0 bridgehead atoms. The van der Waals surface area contributed by atoms with Gasteiger partial charge < -0.3 is 10.4 Å². The van der Waals surface area contributed by atoms with Crippen LogP contribution in [0.2, 0.25) is 0 Å². The monoisotopic (exact) mass is 187 g/mol. The highest BCUT2D eigenvalue weighted by molar-refractivity contribution is 5.70. The highest BCUT2D eigenvalue weighted by Crippen LogP contribution is 2.10. The van der Waals surface area contributed by atoms with Gasteiger partial charge in [0.05, 0.1) is 5.92 Å². The molecular weight excluding hydrogens is 166 g/mol.